The normalized spacial score (nSPS) is 14.2. The van der Waals surface area contributed by atoms with Crippen LogP contribution in [-0.2, 0) is 9.59 Å². The number of ether oxygens (including phenoxy) is 1. The molecular formula is C19H19F2NO4. The molecule has 0 fully saturated rings. The predicted octanol–water partition coefficient (Wildman–Crippen LogP) is 3.31. The number of halogens is 2. The number of benzene rings is 2. The third-order valence-electron chi connectivity index (χ3n) is 3.92. The second-order valence-corrected chi connectivity index (χ2v) is 5.86. The molecule has 0 spiro atoms. The number of carboxylic acid groups (broad SMARTS) is 1. The van der Waals surface area contributed by atoms with Crippen LogP contribution in [0.25, 0.3) is 0 Å². The van der Waals surface area contributed by atoms with Gasteiger partial charge in [-0.1, -0.05) is 30.3 Å². The summed E-state index contributed by atoms with van der Waals surface area (Å²) in [7, 11) is 0. The van der Waals surface area contributed by atoms with Crippen molar-refractivity contribution >= 4 is 11.9 Å². The van der Waals surface area contributed by atoms with Crippen molar-refractivity contribution in [2.75, 3.05) is 0 Å². The van der Waals surface area contributed by atoms with E-state index in [1.54, 1.807) is 30.3 Å². The summed E-state index contributed by atoms with van der Waals surface area (Å²) >= 11 is 0. The van der Waals surface area contributed by atoms with Gasteiger partial charge in [-0.3, -0.25) is 9.59 Å². The molecule has 5 nitrogen and oxygen atoms in total. The van der Waals surface area contributed by atoms with Crippen molar-refractivity contribution in [1.29, 1.82) is 0 Å². The van der Waals surface area contributed by atoms with Gasteiger partial charge in [0, 0.05) is 6.07 Å². The van der Waals surface area contributed by atoms with Gasteiger partial charge in [0.05, 0.1) is 12.0 Å². The van der Waals surface area contributed by atoms with Crippen molar-refractivity contribution in [3.63, 3.8) is 0 Å². The van der Waals surface area contributed by atoms with E-state index >= 15 is 0 Å². The second kappa shape index (κ2) is 8.42. The van der Waals surface area contributed by atoms with Gasteiger partial charge in [-0.2, -0.15) is 0 Å². The molecule has 0 heterocycles. The number of hydrogen-bond donors (Lipinski definition) is 2. The van der Waals surface area contributed by atoms with Gasteiger partial charge >= 0.3 is 5.97 Å². The van der Waals surface area contributed by atoms with E-state index < -0.39 is 41.6 Å². The first-order valence-corrected chi connectivity index (χ1v) is 7.99. The zero-order valence-corrected chi connectivity index (χ0v) is 14.3. The third kappa shape index (κ3) is 4.78. The van der Waals surface area contributed by atoms with E-state index in [2.05, 4.69) is 5.32 Å². The molecule has 0 saturated carbocycles. The Morgan fingerprint density at radius 1 is 1.04 bits per heavy atom. The highest BCUT2D eigenvalue weighted by Crippen LogP contribution is 2.23. The highest BCUT2D eigenvalue weighted by molar-refractivity contribution is 5.82. The Bertz CT molecular complexity index is 782. The number of nitrogens with one attached hydrogen (secondary N) is 1. The molecule has 0 bridgehead atoms. The largest absolute Gasteiger partial charge is 0.481 e. The Balaban J connectivity index is 2.12. The molecule has 0 aliphatic carbocycles. The first-order chi connectivity index (χ1) is 12.3. The van der Waals surface area contributed by atoms with Crippen LogP contribution >= 0.6 is 0 Å². The number of amides is 1. The molecule has 2 aromatic rings. The maximum absolute atomic E-state index is 13.2. The van der Waals surface area contributed by atoms with Gasteiger partial charge in [0.15, 0.2) is 17.7 Å². The van der Waals surface area contributed by atoms with Crippen molar-refractivity contribution in [3.8, 4) is 5.75 Å². The molecule has 0 aliphatic heterocycles. The molecule has 3 unspecified atom stereocenters. The minimum Gasteiger partial charge on any atom is -0.481 e. The molecule has 2 N–H and O–H groups in total. The van der Waals surface area contributed by atoms with Crippen LogP contribution in [0, 0.1) is 17.6 Å². The fraction of sp³-hybridized carbons (Fsp3) is 0.263. The van der Waals surface area contributed by atoms with Crippen LogP contribution < -0.4 is 10.1 Å². The molecule has 26 heavy (non-hydrogen) atoms. The first-order valence-electron chi connectivity index (χ1n) is 7.99. The fourth-order valence-corrected chi connectivity index (χ4v) is 2.38. The van der Waals surface area contributed by atoms with E-state index in [1.165, 1.54) is 19.9 Å². The maximum Gasteiger partial charge on any atom is 0.308 e. The third-order valence-corrected chi connectivity index (χ3v) is 3.92. The maximum atomic E-state index is 13.2. The average molecular weight is 363 g/mol. The van der Waals surface area contributed by atoms with E-state index in [-0.39, 0.29) is 5.75 Å². The molecular weight excluding hydrogens is 344 g/mol. The quantitative estimate of drug-likeness (QED) is 0.791. The molecule has 3 atom stereocenters. The van der Waals surface area contributed by atoms with Gasteiger partial charge in [0.2, 0.25) is 0 Å². The lowest BCUT2D eigenvalue weighted by Gasteiger charge is -2.25. The number of hydrogen-bond acceptors (Lipinski definition) is 3. The highest BCUT2D eigenvalue weighted by Gasteiger charge is 2.28. The van der Waals surface area contributed by atoms with E-state index in [1.807, 2.05) is 0 Å². The van der Waals surface area contributed by atoms with Gasteiger partial charge in [-0.15, -0.1) is 0 Å². The predicted molar refractivity (Wildman–Crippen MR) is 90.6 cm³/mol. The van der Waals surface area contributed by atoms with Crippen LogP contribution in [0.15, 0.2) is 48.5 Å². The van der Waals surface area contributed by atoms with Crippen molar-refractivity contribution < 1.29 is 28.2 Å². The summed E-state index contributed by atoms with van der Waals surface area (Å²) in [5, 5.41) is 11.9. The molecule has 0 aromatic heterocycles. The van der Waals surface area contributed by atoms with E-state index in [9.17, 15) is 23.5 Å². The van der Waals surface area contributed by atoms with Crippen LogP contribution in [0.1, 0.15) is 25.5 Å². The minimum atomic E-state index is -1.09. The molecule has 138 valence electrons. The van der Waals surface area contributed by atoms with Crippen LogP contribution in [0.2, 0.25) is 0 Å². The Morgan fingerprint density at radius 2 is 1.69 bits per heavy atom. The molecule has 0 aliphatic rings. The van der Waals surface area contributed by atoms with Gasteiger partial charge in [0.25, 0.3) is 5.91 Å². The zero-order chi connectivity index (χ0) is 19.3. The van der Waals surface area contributed by atoms with Gasteiger partial charge in [-0.05, 0) is 31.5 Å². The highest BCUT2D eigenvalue weighted by atomic mass is 19.2. The van der Waals surface area contributed by atoms with Crippen molar-refractivity contribution in [2.24, 2.45) is 5.92 Å². The van der Waals surface area contributed by atoms with Crippen molar-refractivity contribution in [3.05, 3.63) is 65.7 Å². The summed E-state index contributed by atoms with van der Waals surface area (Å²) < 4.78 is 31.5. The minimum absolute atomic E-state index is 0.00547. The van der Waals surface area contributed by atoms with Gasteiger partial charge in [0.1, 0.15) is 5.75 Å². The Hall–Kier alpha value is -2.96. The van der Waals surface area contributed by atoms with Gasteiger partial charge < -0.3 is 15.2 Å². The Kier molecular flexibility index (Phi) is 6.27. The Morgan fingerprint density at radius 3 is 2.27 bits per heavy atom. The fourth-order valence-electron chi connectivity index (χ4n) is 2.38. The summed E-state index contributed by atoms with van der Waals surface area (Å²) in [6, 6.07) is 10.9. The van der Waals surface area contributed by atoms with Gasteiger partial charge in [-0.25, -0.2) is 8.78 Å². The molecule has 0 radical (unpaired) electrons. The van der Waals surface area contributed by atoms with E-state index in [0.29, 0.717) is 5.56 Å². The number of rotatable bonds is 7. The molecule has 7 heteroatoms. The lowest BCUT2D eigenvalue weighted by atomic mass is 9.94. The molecule has 2 rings (SSSR count). The number of carboxylic acids is 1. The summed E-state index contributed by atoms with van der Waals surface area (Å²) in [4.78, 5) is 23.8. The summed E-state index contributed by atoms with van der Waals surface area (Å²) in [6.07, 6.45) is -1.04. The molecule has 1 amide bonds. The van der Waals surface area contributed by atoms with Crippen LogP contribution in [0.4, 0.5) is 8.78 Å². The van der Waals surface area contributed by atoms with Crippen LogP contribution in [-0.4, -0.2) is 23.1 Å². The van der Waals surface area contributed by atoms with E-state index in [4.69, 9.17) is 4.74 Å². The monoisotopic (exact) mass is 363 g/mol. The topological polar surface area (TPSA) is 75.6 Å². The van der Waals surface area contributed by atoms with Crippen LogP contribution in [0.3, 0.4) is 0 Å². The zero-order valence-electron chi connectivity index (χ0n) is 14.3. The SMILES string of the molecule is CC(Oc1ccc(F)c(F)c1)C(=O)NC(c1ccccc1)C(C)C(=O)O. The average Bonchev–Trinajstić information content (AvgIpc) is 2.62. The summed E-state index contributed by atoms with van der Waals surface area (Å²) in [5.74, 6) is -4.62. The molecule has 2 aromatic carbocycles. The first kappa shape index (κ1) is 19.4. The van der Waals surface area contributed by atoms with Crippen molar-refractivity contribution in [2.45, 2.75) is 26.0 Å². The second-order valence-electron chi connectivity index (χ2n) is 5.86. The van der Waals surface area contributed by atoms with Crippen molar-refractivity contribution in [1.82, 2.24) is 5.32 Å². The number of carbonyl (C=O) groups is 2. The van der Waals surface area contributed by atoms with E-state index in [0.717, 1.165) is 12.1 Å². The summed E-state index contributed by atoms with van der Waals surface area (Å²) in [5.41, 5.74) is 0.635. The lowest BCUT2D eigenvalue weighted by molar-refractivity contribution is -0.142. The van der Waals surface area contributed by atoms with Crippen LogP contribution in [0.5, 0.6) is 5.75 Å². The summed E-state index contributed by atoms with van der Waals surface area (Å²) in [6.45, 7) is 2.92. The number of carbonyl (C=O) groups excluding carboxylic acids is 1. The number of aliphatic carboxylic acids is 1. The smallest absolute Gasteiger partial charge is 0.308 e. The molecule has 0 saturated heterocycles. The Labute approximate surface area is 149 Å². The standard InChI is InChI=1S/C19H19F2NO4/c1-11(19(24)25)17(13-6-4-3-5-7-13)22-18(23)12(2)26-14-8-9-15(20)16(21)10-14/h3-12,17H,1-2H3,(H,22,23)(H,24,25). The lowest BCUT2D eigenvalue weighted by Crippen LogP contribution is -2.42.